The Labute approximate surface area is 147 Å². The monoisotopic (exact) mass is 338 g/mol. The molecule has 3 rings (SSSR count). The molecule has 0 bridgehead atoms. The first kappa shape index (κ1) is 16.9. The zero-order valence-corrected chi connectivity index (χ0v) is 14.7. The minimum absolute atomic E-state index is 0.113. The number of para-hydroxylation sites is 1. The lowest BCUT2D eigenvalue weighted by molar-refractivity contribution is 0.0953. The summed E-state index contributed by atoms with van der Waals surface area (Å²) in [7, 11) is 3.14. The Morgan fingerprint density at radius 2 is 1.84 bits per heavy atom. The van der Waals surface area contributed by atoms with E-state index in [0.29, 0.717) is 23.6 Å². The molecule has 2 aromatic carbocycles. The summed E-state index contributed by atoms with van der Waals surface area (Å²) in [6, 6.07) is 11.7. The van der Waals surface area contributed by atoms with Crippen LogP contribution in [0.4, 0.5) is 0 Å². The number of hydrogen-bond acceptors (Lipinski definition) is 3. The number of benzene rings is 2. The second kappa shape index (κ2) is 7.30. The number of carbonyl (C=O) groups is 1. The molecular weight excluding hydrogens is 316 g/mol. The van der Waals surface area contributed by atoms with Gasteiger partial charge in [0.05, 0.1) is 14.2 Å². The minimum Gasteiger partial charge on any atom is -0.493 e. The molecule has 0 radical (unpaired) electrons. The molecule has 0 saturated heterocycles. The highest BCUT2D eigenvalue weighted by atomic mass is 16.5. The number of H-pyrrole nitrogens is 1. The molecular formula is C20H22N2O3. The van der Waals surface area contributed by atoms with Gasteiger partial charge in [0.25, 0.3) is 5.91 Å². The van der Waals surface area contributed by atoms with Crippen LogP contribution in [0.3, 0.4) is 0 Å². The van der Waals surface area contributed by atoms with Gasteiger partial charge in [-0.2, -0.15) is 0 Å². The predicted molar refractivity (Wildman–Crippen MR) is 98.6 cm³/mol. The van der Waals surface area contributed by atoms with Gasteiger partial charge in [-0.05, 0) is 42.7 Å². The predicted octanol–water partition coefficient (Wildman–Crippen LogP) is 3.47. The quantitative estimate of drug-likeness (QED) is 0.723. The van der Waals surface area contributed by atoms with Crippen LogP contribution < -0.4 is 14.8 Å². The number of aromatic nitrogens is 1. The van der Waals surface area contributed by atoms with E-state index in [9.17, 15) is 4.79 Å². The third-order valence-corrected chi connectivity index (χ3v) is 4.33. The molecule has 0 aliphatic heterocycles. The molecule has 25 heavy (non-hydrogen) atoms. The number of aryl methyl sites for hydroxylation is 1. The normalized spacial score (nSPS) is 10.7. The Hall–Kier alpha value is -2.95. The van der Waals surface area contributed by atoms with Crippen LogP contribution in [0.5, 0.6) is 11.5 Å². The third kappa shape index (κ3) is 3.45. The number of fused-ring (bicyclic) bond motifs is 1. The van der Waals surface area contributed by atoms with Gasteiger partial charge >= 0.3 is 0 Å². The van der Waals surface area contributed by atoms with Gasteiger partial charge in [0, 0.05) is 29.2 Å². The van der Waals surface area contributed by atoms with Crippen molar-refractivity contribution < 1.29 is 14.3 Å². The molecule has 1 heterocycles. The lowest BCUT2D eigenvalue weighted by atomic mass is 10.1. The number of aromatic amines is 1. The van der Waals surface area contributed by atoms with Crippen molar-refractivity contribution in [1.82, 2.24) is 10.3 Å². The standard InChI is InChI=1S/C20H22N2O3/c1-13-10-18(24-2)19(25-3)11-16(13)20(23)21-9-8-14-12-22-17-7-5-4-6-15(14)17/h4-7,10-12,22H,8-9H2,1-3H3,(H,21,23). The fraction of sp³-hybridized carbons (Fsp3) is 0.250. The maximum absolute atomic E-state index is 12.5. The molecule has 2 N–H and O–H groups in total. The molecule has 1 amide bonds. The summed E-state index contributed by atoms with van der Waals surface area (Å²) in [6.45, 7) is 2.45. The van der Waals surface area contributed by atoms with Crippen molar-refractivity contribution in [3.63, 3.8) is 0 Å². The van der Waals surface area contributed by atoms with E-state index in [4.69, 9.17) is 9.47 Å². The highest BCUT2D eigenvalue weighted by Gasteiger charge is 2.14. The number of carbonyl (C=O) groups excluding carboxylic acids is 1. The van der Waals surface area contributed by atoms with Crippen LogP contribution in [0.15, 0.2) is 42.6 Å². The number of rotatable bonds is 6. The zero-order chi connectivity index (χ0) is 17.8. The first-order valence-electron chi connectivity index (χ1n) is 8.20. The van der Waals surface area contributed by atoms with E-state index < -0.39 is 0 Å². The second-order valence-corrected chi connectivity index (χ2v) is 5.89. The van der Waals surface area contributed by atoms with Crippen molar-refractivity contribution in [2.75, 3.05) is 20.8 Å². The summed E-state index contributed by atoms with van der Waals surface area (Å²) in [5.74, 6) is 1.06. The number of amides is 1. The highest BCUT2D eigenvalue weighted by Crippen LogP contribution is 2.30. The number of ether oxygens (including phenoxy) is 2. The van der Waals surface area contributed by atoms with Gasteiger partial charge in [-0.15, -0.1) is 0 Å². The Morgan fingerprint density at radius 3 is 2.60 bits per heavy atom. The summed E-state index contributed by atoms with van der Waals surface area (Å²) < 4.78 is 10.5. The summed E-state index contributed by atoms with van der Waals surface area (Å²) >= 11 is 0. The van der Waals surface area contributed by atoms with Crippen molar-refractivity contribution in [1.29, 1.82) is 0 Å². The van der Waals surface area contributed by atoms with Crippen LogP contribution in [0.1, 0.15) is 21.5 Å². The Morgan fingerprint density at radius 1 is 1.12 bits per heavy atom. The first-order valence-corrected chi connectivity index (χ1v) is 8.20. The second-order valence-electron chi connectivity index (χ2n) is 5.89. The van der Waals surface area contributed by atoms with Crippen LogP contribution in [0.2, 0.25) is 0 Å². The lowest BCUT2D eigenvalue weighted by Gasteiger charge is -2.12. The molecule has 0 fully saturated rings. The molecule has 3 aromatic rings. The van der Waals surface area contributed by atoms with Crippen LogP contribution in [0, 0.1) is 6.92 Å². The molecule has 0 spiro atoms. The van der Waals surface area contributed by atoms with E-state index in [1.165, 1.54) is 10.9 Å². The number of methoxy groups -OCH3 is 2. The lowest BCUT2D eigenvalue weighted by Crippen LogP contribution is -2.26. The number of nitrogens with one attached hydrogen (secondary N) is 2. The van der Waals surface area contributed by atoms with Gasteiger partial charge < -0.3 is 19.8 Å². The van der Waals surface area contributed by atoms with Gasteiger partial charge in [-0.1, -0.05) is 18.2 Å². The van der Waals surface area contributed by atoms with Crippen LogP contribution in [-0.4, -0.2) is 31.7 Å². The van der Waals surface area contributed by atoms with Crippen molar-refractivity contribution in [3.05, 3.63) is 59.3 Å². The smallest absolute Gasteiger partial charge is 0.251 e. The molecule has 5 nitrogen and oxygen atoms in total. The number of hydrogen-bond donors (Lipinski definition) is 2. The molecule has 0 unspecified atom stereocenters. The van der Waals surface area contributed by atoms with Gasteiger partial charge in [0.2, 0.25) is 0 Å². The van der Waals surface area contributed by atoms with E-state index in [0.717, 1.165) is 17.5 Å². The van der Waals surface area contributed by atoms with Crippen LogP contribution in [-0.2, 0) is 6.42 Å². The van der Waals surface area contributed by atoms with Crippen molar-refractivity contribution >= 4 is 16.8 Å². The summed E-state index contributed by atoms with van der Waals surface area (Å²) in [4.78, 5) is 15.8. The first-order chi connectivity index (χ1) is 12.1. The summed E-state index contributed by atoms with van der Waals surface area (Å²) in [5.41, 5.74) is 3.75. The van der Waals surface area contributed by atoms with Gasteiger partial charge in [-0.3, -0.25) is 4.79 Å². The van der Waals surface area contributed by atoms with E-state index in [1.807, 2.05) is 37.4 Å². The average molecular weight is 338 g/mol. The minimum atomic E-state index is -0.113. The molecule has 130 valence electrons. The van der Waals surface area contributed by atoms with E-state index in [2.05, 4.69) is 16.4 Å². The highest BCUT2D eigenvalue weighted by molar-refractivity contribution is 5.96. The van der Waals surface area contributed by atoms with Crippen LogP contribution in [0.25, 0.3) is 10.9 Å². The van der Waals surface area contributed by atoms with Crippen molar-refractivity contribution in [3.8, 4) is 11.5 Å². The maximum atomic E-state index is 12.5. The van der Waals surface area contributed by atoms with Gasteiger partial charge in [-0.25, -0.2) is 0 Å². The average Bonchev–Trinajstić information content (AvgIpc) is 3.04. The summed E-state index contributed by atoms with van der Waals surface area (Å²) in [6.07, 6.45) is 2.76. The van der Waals surface area contributed by atoms with E-state index in [-0.39, 0.29) is 5.91 Å². The fourth-order valence-corrected chi connectivity index (χ4v) is 2.97. The Balaban J connectivity index is 1.68. The van der Waals surface area contributed by atoms with Crippen LogP contribution >= 0.6 is 0 Å². The molecule has 0 aliphatic carbocycles. The van der Waals surface area contributed by atoms with Gasteiger partial charge in [0.15, 0.2) is 11.5 Å². The molecule has 0 aliphatic rings. The van der Waals surface area contributed by atoms with E-state index >= 15 is 0 Å². The Kier molecular flexibility index (Phi) is 4.93. The SMILES string of the molecule is COc1cc(C)c(C(=O)NCCc2c[nH]c3ccccc23)cc1OC. The largest absolute Gasteiger partial charge is 0.493 e. The van der Waals surface area contributed by atoms with Gasteiger partial charge in [0.1, 0.15) is 0 Å². The topological polar surface area (TPSA) is 63.3 Å². The van der Waals surface area contributed by atoms with E-state index in [1.54, 1.807) is 20.3 Å². The molecule has 1 aromatic heterocycles. The molecule has 5 heteroatoms. The third-order valence-electron chi connectivity index (χ3n) is 4.33. The summed E-state index contributed by atoms with van der Waals surface area (Å²) in [5, 5.41) is 4.18. The fourth-order valence-electron chi connectivity index (χ4n) is 2.97. The maximum Gasteiger partial charge on any atom is 0.251 e. The Bertz CT molecular complexity index is 899. The molecule has 0 saturated carbocycles. The van der Waals surface area contributed by atoms with Crippen molar-refractivity contribution in [2.45, 2.75) is 13.3 Å². The van der Waals surface area contributed by atoms with Crippen molar-refractivity contribution in [2.24, 2.45) is 0 Å². The zero-order valence-electron chi connectivity index (χ0n) is 14.7. The molecule has 0 atom stereocenters.